The molecule has 0 aromatic heterocycles. The summed E-state index contributed by atoms with van der Waals surface area (Å²) >= 11 is 3.25. The first-order chi connectivity index (χ1) is 10.0. The van der Waals surface area contributed by atoms with Crippen molar-refractivity contribution >= 4 is 21.7 Å². The van der Waals surface area contributed by atoms with Gasteiger partial charge in [0.2, 0.25) is 0 Å². The van der Waals surface area contributed by atoms with Crippen molar-refractivity contribution in [1.82, 2.24) is 0 Å². The molecule has 0 N–H and O–H groups in total. The molecular formula is C17H22BrFO2. The zero-order valence-electron chi connectivity index (χ0n) is 12.6. The minimum atomic E-state index is -0.489. The molecule has 0 heterocycles. The Kier molecular flexibility index (Phi) is 8.28. The van der Waals surface area contributed by atoms with E-state index < -0.39 is 5.82 Å². The minimum absolute atomic E-state index is 0.0136. The van der Waals surface area contributed by atoms with Crippen molar-refractivity contribution in [3.05, 3.63) is 41.7 Å². The molecule has 0 saturated carbocycles. The summed E-state index contributed by atoms with van der Waals surface area (Å²) in [6, 6.07) is 4.42. The number of carbonyl (C=O) groups excluding carboxylic acids is 1. The number of halogens is 2. The predicted octanol–water partition coefficient (Wildman–Crippen LogP) is 5.16. The lowest BCUT2D eigenvalue weighted by atomic mass is 10.0. The lowest BCUT2D eigenvalue weighted by Gasteiger charge is -2.07. The first kappa shape index (κ1) is 17.9. The van der Waals surface area contributed by atoms with E-state index in [9.17, 15) is 9.18 Å². The molecule has 0 atom stereocenters. The van der Waals surface area contributed by atoms with Gasteiger partial charge in [-0.05, 0) is 30.5 Å². The predicted molar refractivity (Wildman–Crippen MR) is 87.8 cm³/mol. The molecule has 116 valence electrons. The summed E-state index contributed by atoms with van der Waals surface area (Å²) in [6.45, 7) is 4.56. The summed E-state index contributed by atoms with van der Waals surface area (Å²) in [5, 5.41) is 0.739. The molecule has 0 saturated heterocycles. The van der Waals surface area contributed by atoms with Crippen LogP contribution in [0.3, 0.4) is 0 Å². The highest BCUT2D eigenvalue weighted by Gasteiger charge is 2.10. The summed E-state index contributed by atoms with van der Waals surface area (Å²) in [6.07, 6.45) is 6.00. The third kappa shape index (κ3) is 6.89. The molecule has 1 aromatic carbocycles. The lowest BCUT2D eigenvalue weighted by Crippen LogP contribution is -2.02. The molecule has 0 aliphatic carbocycles. The minimum Gasteiger partial charge on any atom is -0.486 e. The number of alkyl halides is 1. The highest BCUT2D eigenvalue weighted by atomic mass is 79.9. The van der Waals surface area contributed by atoms with Gasteiger partial charge >= 0.3 is 0 Å². The summed E-state index contributed by atoms with van der Waals surface area (Å²) in [4.78, 5) is 12.0. The van der Waals surface area contributed by atoms with E-state index in [1.807, 2.05) is 6.08 Å². The second kappa shape index (κ2) is 9.72. The molecule has 0 bridgehead atoms. The van der Waals surface area contributed by atoms with Crippen molar-refractivity contribution in [3.63, 3.8) is 0 Å². The fourth-order valence-electron chi connectivity index (χ4n) is 1.88. The van der Waals surface area contributed by atoms with E-state index >= 15 is 0 Å². The maximum atomic E-state index is 13.9. The zero-order valence-corrected chi connectivity index (χ0v) is 14.2. The van der Waals surface area contributed by atoms with Gasteiger partial charge in [-0.3, -0.25) is 4.79 Å². The highest BCUT2D eigenvalue weighted by Crippen LogP contribution is 2.20. The monoisotopic (exact) mass is 356 g/mol. The molecule has 1 rings (SSSR count). The standard InChI is InChI=1S/C17H22BrFO2/c1-13(2)6-5-7-16(20)14-8-9-17(15(19)12-14)21-11-4-3-10-18/h3-4,8-9,12-13H,5-7,10-11H2,1-2H3/b4-3+. The average Bonchev–Trinajstić information content (AvgIpc) is 2.44. The van der Waals surface area contributed by atoms with Gasteiger partial charge in [-0.1, -0.05) is 48.4 Å². The van der Waals surface area contributed by atoms with Crippen molar-refractivity contribution in [2.75, 3.05) is 11.9 Å². The second-order valence-electron chi connectivity index (χ2n) is 5.29. The fourth-order valence-corrected chi connectivity index (χ4v) is 2.14. The topological polar surface area (TPSA) is 26.3 Å². The van der Waals surface area contributed by atoms with Crippen molar-refractivity contribution in [3.8, 4) is 5.75 Å². The van der Waals surface area contributed by atoms with Crippen molar-refractivity contribution < 1.29 is 13.9 Å². The second-order valence-corrected chi connectivity index (χ2v) is 5.94. The molecule has 0 aliphatic heterocycles. The van der Waals surface area contributed by atoms with E-state index in [1.54, 1.807) is 12.1 Å². The van der Waals surface area contributed by atoms with Gasteiger partial charge in [0.25, 0.3) is 0 Å². The van der Waals surface area contributed by atoms with Crippen molar-refractivity contribution in [2.24, 2.45) is 5.92 Å². The summed E-state index contributed by atoms with van der Waals surface area (Å²) in [5.41, 5.74) is 0.416. The van der Waals surface area contributed by atoms with Crippen LogP contribution in [0.1, 0.15) is 43.5 Å². The lowest BCUT2D eigenvalue weighted by molar-refractivity contribution is 0.0977. The fraction of sp³-hybridized carbons (Fsp3) is 0.471. The number of ketones is 1. The molecule has 0 amide bonds. The third-order valence-corrected chi connectivity index (χ3v) is 3.40. The van der Waals surface area contributed by atoms with Gasteiger partial charge in [-0.25, -0.2) is 4.39 Å². The summed E-state index contributed by atoms with van der Waals surface area (Å²) in [5.74, 6) is 0.253. The van der Waals surface area contributed by atoms with Crippen LogP contribution in [0, 0.1) is 11.7 Å². The van der Waals surface area contributed by atoms with E-state index in [0.717, 1.165) is 18.2 Å². The maximum Gasteiger partial charge on any atom is 0.165 e. The van der Waals surface area contributed by atoms with Crippen LogP contribution >= 0.6 is 15.9 Å². The molecule has 4 heteroatoms. The molecule has 0 fully saturated rings. The van der Waals surface area contributed by atoms with E-state index in [0.29, 0.717) is 24.5 Å². The zero-order chi connectivity index (χ0) is 15.7. The van der Waals surface area contributed by atoms with E-state index in [1.165, 1.54) is 12.1 Å². The van der Waals surface area contributed by atoms with Crippen molar-refractivity contribution in [1.29, 1.82) is 0 Å². The van der Waals surface area contributed by atoms with Crippen LogP contribution in [0.4, 0.5) is 4.39 Å². The summed E-state index contributed by atoms with van der Waals surface area (Å²) in [7, 11) is 0. The number of carbonyl (C=O) groups is 1. The highest BCUT2D eigenvalue weighted by molar-refractivity contribution is 9.09. The van der Waals surface area contributed by atoms with Crippen LogP contribution in [-0.4, -0.2) is 17.7 Å². The van der Waals surface area contributed by atoms with E-state index in [-0.39, 0.29) is 11.5 Å². The van der Waals surface area contributed by atoms with Crippen molar-refractivity contribution in [2.45, 2.75) is 33.1 Å². The smallest absolute Gasteiger partial charge is 0.165 e. The number of hydrogen-bond acceptors (Lipinski definition) is 2. The normalized spacial score (nSPS) is 11.3. The first-order valence-electron chi connectivity index (χ1n) is 7.21. The van der Waals surface area contributed by atoms with Crippen LogP contribution in [0.2, 0.25) is 0 Å². The molecule has 2 nitrogen and oxygen atoms in total. The molecule has 1 aromatic rings. The Morgan fingerprint density at radius 1 is 1.38 bits per heavy atom. The average molecular weight is 357 g/mol. The van der Waals surface area contributed by atoms with E-state index in [2.05, 4.69) is 29.8 Å². The Morgan fingerprint density at radius 2 is 2.14 bits per heavy atom. The molecular weight excluding hydrogens is 335 g/mol. The van der Waals surface area contributed by atoms with Gasteiger partial charge < -0.3 is 4.74 Å². The Labute approximate surface area is 134 Å². The number of benzene rings is 1. The quantitative estimate of drug-likeness (QED) is 0.346. The first-order valence-corrected chi connectivity index (χ1v) is 8.33. The maximum absolute atomic E-state index is 13.9. The van der Waals surface area contributed by atoms with Gasteiger partial charge in [0.15, 0.2) is 17.3 Å². The van der Waals surface area contributed by atoms with Crippen LogP contribution < -0.4 is 4.74 Å². The molecule has 21 heavy (non-hydrogen) atoms. The van der Waals surface area contributed by atoms with Crippen LogP contribution in [0.5, 0.6) is 5.75 Å². The largest absolute Gasteiger partial charge is 0.486 e. The Hall–Kier alpha value is -1.16. The number of Topliss-reactive ketones (excluding diaryl/α,β-unsaturated/α-hetero) is 1. The van der Waals surface area contributed by atoms with Crippen LogP contribution in [0.15, 0.2) is 30.4 Å². The van der Waals surface area contributed by atoms with Gasteiger partial charge in [0.1, 0.15) is 6.61 Å². The van der Waals surface area contributed by atoms with Gasteiger partial charge in [0, 0.05) is 17.3 Å². The number of rotatable bonds is 9. The van der Waals surface area contributed by atoms with Gasteiger partial charge in [0.05, 0.1) is 0 Å². The Morgan fingerprint density at radius 3 is 2.76 bits per heavy atom. The molecule has 0 aliphatic rings. The number of hydrogen-bond donors (Lipinski definition) is 0. The van der Waals surface area contributed by atoms with Crippen LogP contribution in [-0.2, 0) is 0 Å². The Bertz CT molecular complexity index is 484. The Balaban J connectivity index is 2.56. The van der Waals surface area contributed by atoms with Gasteiger partial charge in [-0.2, -0.15) is 0 Å². The molecule has 0 spiro atoms. The number of ether oxygens (including phenoxy) is 1. The van der Waals surface area contributed by atoms with Crippen LogP contribution in [0.25, 0.3) is 0 Å². The van der Waals surface area contributed by atoms with Gasteiger partial charge in [-0.15, -0.1) is 0 Å². The third-order valence-electron chi connectivity index (χ3n) is 3.03. The SMILES string of the molecule is CC(C)CCCC(=O)c1ccc(OC/C=C/CBr)c(F)c1. The summed E-state index contributed by atoms with van der Waals surface area (Å²) < 4.78 is 19.2. The molecule has 0 unspecified atom stereocenters. The van der Waals surface area contributed by atoms with E-state index in [4.69, 9.17) is 4.74 Å². The number of allylic oxidation sites excluding steroid dienone is 1. The molecule has 0 radical (unpaired) electrons.